The lowest BCUT2D eigenvalue weighted by atomic mass is 10.1. The van der Waals surface area contributed by atoms with Crippen molar-refractivity contribution in [3.05, 3.63) is 28.6 Å². The van der Waals surface area contributed by atoms with Crippen LogP contribution in [0, 0.1) is 0 Å². The van der Waals surface area contributed by atoms with Gasteiger partial charge in [0.15, 0.2) is 5.58 Å². The van der Waals surface area contributed by atoms with Crippen LogP contribution in [0.2, 0.25) is 0 Å². The maximum absolute atomic E-state index is 12.6. The third kappa shape index (κ3) is 2.82. The number of anilines is 1. The van der Waals surface area contributed by atoms with Gasteiger partial charge in [0.2, 0.25) is 5.91 Å². The molecule has 8 heteroatoms. The zero-order valence-corrected chi connectivity index (χ0v) is 14.0. The van der Waals surface area contributed by atoms with Gasteiger partial charge in [-0.1, -0.05) is 0 Å². The first-order valence-corrected chi connectivity index (χ1v) is 8.46. The van der Waals surface area contributed by atoms with Gasteiger partial charge in [-0.3, -0.25) is 19.7 Å². The number of nitrogens with one attached hydrogen (secondary N) is 1. The van der Waals surface area contributed by atoms with Crippen LogP contribution in [0.1, 0.15) is 18.9 Å². The molecule has 3 heterocycles. The number of aromatic nitrogens is 1. The first-order valence-electron chi connectivity index (χ1n) is 8.46. The van der Waals surface area contributed by atoms with Gasteiger partial charge in [0.05, 0.1) is 5.39 Å². The summed E-state index contributed by atoms with van der Waals surface area (Å²) in [5.74, 6) is -0.806. The van der Waals surface area contributed by atoms with E-state index in [0.717, 1.165) is 36.6 Å². The van der Waals surface area contributed by atoms with E-state index in [-0.39, 0.29) is 24.3 Å². The first-order chi connectivity index (χ1) is 12.0. The molecule has 25 heavy (non-hydrogen) atoms. The molecule has 0 spiro atoms. The number of imide groups is 1. The topological polar surface area (TPSA) is 87.8 Å². The smallest absolute Gasteiger partial charge is 0.291 e. The molecule has 2 saturated heterocycles. The largest absolute Gasteiger partial charge is 0.375 e. The van der Waals surface area contributed by atoms with Crippen LogP contribution in [-0.4, -0.2) is 54.7 Å². The summed E-state index contributed by atoms with van der Waals surface area (Å²) in [5.41, 5.74) is 1.13. The zero-order chi connectivity index (χ0) is 17.6. The Bertz CT molecular complexity index is 892. The molecule has 8 nitrogen and oxygen atoms in total. The van der Waals surface area contributed by atoms with Crippen LogP contribution < -0.4 is 15.8 Å². The van der Waals surface area contributed by atoms with E-state index in [1.54, 1.807) is 6.07 Å². The second-order valence-electron chi connectivity index (χ2n) is 6.66. The summed E-state index contributed by atoms with van der Waals surface area (Å²) in [5, 5.41) is 2.70. The highest BCUT2D eigenvalue weighted by Crippen LogP contribution is 2.25. The fourth-order valence-electron chi connectivity index (χ4n) is 3.40. The van der Waals surface area contributed by atoms with Gasteiger partial charge in [0, 0.05) is 44.4 Å². The Balaban J connectivity index is 1.67. The molecular formula is C17H20N4O4. The molecule has 4 rings (SSSR count). The fourth-order valence-corrected chi connectivity index (χ4v) is 3.40. The number of carbonyl (C=O) groups is 2. The number of fused-ring (bicyclic) bond motifs is 1. The van der Waals surface area contributed by atoms with Gasteiger partial charge in [0.1, 0.15) is 6.04 Å². The van der Waals surface area contributed by atoms with Crippen LogP contribution in [0.5, 0.6) is 0 Å². The molecular weight excluding hydrogens is 324 g/mol. The molecule has 132 valence electrons. The van der Waals surface area contributed by atoms with E-state index in [1.165, 1.54) is 0 Å². The van der Waals surface area contributed by atoms with Gasteiger partial charge in [-0.05, 0) is 25.6 Å². The van der Waals surface area contributed by atoms with E-state index in [4.69, 9.17) is 4.52 Å². The minimum absolute atomic E-state index is 0.201. The Morgan fingerprint density at radius 1 is 1.12 bits per heavy atom. The van der Waals surface area contributed by atoms with Crippen LogP contribution in [-0.2, 0) is 9.59 Å². The number of hydrogen-bond donors (Lipinski definition) is 1. The predicted octanol–water partition coefficient (Wildman–Crippen LogP) is 0.324. The van der Waals surface area contributed by atoms with Gasteiger partial charge < -0.3 is 14.3 Å². The summed E-state index contributed by atoms with van der Waals surface area (Å²) in [7, 11) is 2.10. The quantitative estimate of drug-likeness (QED) is 0.790. The highest BCUT2D eigenvalue weighted by Gasteiger charge is 2.31. The van der Waals surface area contributed by atoms with Crippen LogP contribution in [0.3, 0.4) is 0 Å². The van der Waals surface area contributed by atoms with Crippen LogP contribution in [0.4, 0.5) is 5.69 Å². The van der Waals surface area contributed by atoms with E-state index in [0.29, 0.717) is 11.0 Å². The third-order valence-electron chi connectivity index (χ3n) is 4.95. The molecule has 2 aromatic rings. The van der Waals surface area contributed by atoms with Crippen LogP contribution >= 0.6 is 0 Å². The molecule has 0 aliphatic carbocycles. The Kier molecular flexibility index (Phi) is 3.84. The minimum Gasteiger partial charge on any atom is -0.375 e. The van der Waals surface area contributed by atoms with Crippen molar-refractivity contribution in [2.45, 2.75) is 18.9 Å². The van der Waals surface area contributed by atoms with Gasteiger partial charge >= 0.3 is 0 Å². The average Bonchev–Trinajstić information content (AvgIpc) is 2.92. The van der Waals surface area contributed by atoms with Crippen molar-refractivity contribution < 1.29 is 14.1 Å². The summed E-state index contributed by atoms with van der Waals surface area (Å²) >= 11 is 0. The maximum Gasteiger partial charge on any atom is 0.291 e. The van der Waals surface area contributed by atoms with Crippen molar-refractivity contribution in [2.24, 2.45) is 0 Å². The molecule has 1 aromatic carbocycles. The van der Waals surface area contributed by atoms with Gasteiger partial charge in [0.25, 0.3) is 11.5 Å². The number of likely N-dealkylation sites (N-methyl/N-ethyl adjacent to an activating group) is 1. The molecule has 1 atom stereocenters. The molecule has 2 aliphatic heterocycles. The van der Waals surface area contributed by atoms with Gasteiger partial charge in [-0.15, -0.1) is 0 Å². The highest BCUT2D eigenvalue weighted by molar-refractivity contribution is 5.99. The zero-order valence-electron chi connectivity index (χ0n) is 14.0. The third-order valence-corrected chi connectivity index (χ3v) is 4.95. The molecule has 1 aromatic heterocycles. The normalized spacial score (nSPS) is 22.4. The van der Waals surface area contributed by atoms with E-state index >= 15 is 0 Å². The number of piperidine rings is 1. The number of hydrogen-bond acceptors (Lipinski definition) is 6. The van der Waals surface area contributed by atoms with Crippen molar-refractivity contribution in [3.8, 4) is 0 Å². The number of benzene rings is 1. The second kappa shape index (κ2) is 6.03. The van der Waals surface area contributed by atoms with Crippen molar-refractivity contribution in [1.82, 2.24) is 15.0 Å². The van der Waals surface area contributed by atoms with Crippen LogP contribution in [0.25, 0.3) is 11.0 Å². The van der Waals surface area contributed by atoms with Crippen molar-refractivity contribution >= 4 is 28.5 Å². The van der Waals surface area contributed by atoms with E-state index in [1.807, 2.05) is 12.1 Å². The summed E-state index contributed by atoms with van der Waals surface area (Å²) in [6.45, 7) is 3.80. The molecule has 0 radical (unpaired) electrons. The number of nitrogens with zero attached hydrogens (tertiary/aromatic N) is 3. The van der Waals surface area contributed by atoms with Gasteiger partial charge in [-0.2, -0.15) is 4.74 Å². The fraction of sp³-hybridized carbons (Fsp3) is 0.471. The highest BCUT2D eigenvalue weighted by atomic mass is 16.5. The number of piperazine rings is 1. The summed E-state index contributed by atoms with van der Waals surface area (Å²) in [4.78, 5) is 40.4. The molecule has 2 fully saturated rings. The number of carbonyl (C=O) groups excluding carboxylic acids is 2. The average molecular weight is 344 g/mol. The van der Waals surface area contributed by atoms with E-state index in [2.05, 4.69) is 22.2 Å². The molecule has 0 bridgehead atoms. The SMILES string of the molecule is CN1CCN(c2ccc3c(=O)n(C4CCC(=O)NC4=O)oc3c2)CC1. The lowest BCUT2D eigenvalue weighted by Crippen LogP contribution is -2.44. The van der Waals surface area contributed by atoms with Gasteiger partial charge in [-0.25, -0.2) is 0 Å². The van der Waals surface area contributed by atoms with Crippen molar-refractivity contribution in [3.63, 3.8) is 0 Å². The second-order valence-corrected chi connectivity index (χ2v) is 6.66. The summed E-state index contributed by atoms with van der Waals surface area (Å²) < 4.78 is 6.79. The Morgan fingerprint density at radius 3 is 2.60 bits per heavy atom. The predicted molar refractivity (Wildman–Crippen MR) is 91.6 cm³/mol. The Labute approximate surface area is 143 Å². The Hall–Kier alpha value is -2.61. The van der Waals surface area contributed by atoms with E-state index in [9.17, 15) is 14.4 Å². The standard InChI is InChI=1S/C17H20N4O4/c1-19-6-8-20(9-7-19)11-2-3-12-14(10-11)25-21(17(12)24)13-4-5-15(22)18-16(13)23/h2-3,10,13H,4-9H2,1H3,(H,18,22,23). The van der Waals surface area contributed by atoms with Crippen LogP contribution in [0.15, 0.2) is 27.5 Å². The Morgan fingerprint density at radius 2 is 1.88 bits per heavy atom. The molecule has 1 unspecified atom stereocenters. The lowest BCUT2D eigenvalue weighted by molar-refractivity contribution is -0.137. The molecule has 2 aliphatic rings. The van der Waals surface area contributed by atoms with Crippen molar-refractivity contribution in [1.29, 1.82) is 0 Å². The molecule has 2 amide bonds. The number of amides is 2. The van der Waals surface area contributed by atoms with E-state index < -0.39 is 11.9 Å². The monoisotopic (exact) mass is 344 g/mol. The van der Waals surface area contributed by atoms with Crippen molar-refractivity contribution in [2.75, 3.05) is 38.1 Å². The summed E-state index contributed by atoms with van der Waals surface area (Å²) in [6, 6.07) is 4.74. The molecule has 1 N–H and O–H groups in total. The number of rotatable bonds is 2. The molecule has 0 saturated carbocycles. The summed E-state index contributed by atoms with van der Waals surface area (Å²) in [6.07, 6.45) is 0.474. The first kappa shape index (κ1) is 15.9. The maximum atomic E-state index is 12.6. The lowest BCUT2D eigenvalue weighted by Gasteiger charge is -2.33. The minimum atomic E-state index is -0.773.